The van der Waals surface area contributed by atoms with Gasteiger partial charge in [0.2, 0.25) is 0 Å². The number of nitrogens with two attached hydrogens (primary N) is 1. The average Bonchev–Trinajstić information content (AvgIpc) is 2.67. The molecular formula is C19H20BrF3N4O2S. The van der Waals surface area contributed by atoms with Gasteiger partial charge in [-0.2, -0.15) is 13.2 Å². The number of alkyl halides is 3. The minimum atomic E-state index is -4.44. The Morgan fingerprint density at radius 2 is 1.97 bits per heavy atom. The number of nitrogens with one attached hydrogen (secondary N) is 3. The molecule has 0 aliphatic carbocycles. The van der Waals surface area contributed by atoms with Gasteiger partial charge in [-0.1, -0.05) is 27.7 Å². The Bertz CT molecular complexity index is 927. The Morgan fingerprint density at radius 3 is 2.70 bits per heavy atom. The van der Waals surface area contributed by atoms with Crippen LogP contribution in [0.4, 0.5) is 35.0 Å². The number of ether oxygens (including phenoxy) is 1. The summed E-state index contributed by atoms with van der Waals surface area (Å²) in [7, 11) is 0. The van der Waals surface area contributed by atoms with E-state index in [9.17, 15) is 18.0 Å². The normalized spacial score (nSPS) is 12.5. The molecule has 0 saturated heterocycles. The van der Waals surface area contributed by atoms with E-state index in [-0.39, 0.29) is 6.61 Å². The first kappa shape index (κ1) is 22.6. The maximum Gasteiger partial charge on any atom is 0.416 e. The Balaban J connectivity index is 1.67. The summed E-state index contributed by atoms with van der Waals surface area (Å²) in [6.45, 7) is 1.69. The van der Waals surface area contributed by atoms with Gasteiger partial charge in [-0.25, -0.2) is 4.79 Å². The van der Waals surface area contributed by atoms with E-state index < -0.39 is 17.8 Å². The first-order chi connectivity index (χ1) is 14.2. The number of anilines is 3. The van der Waals surface area contributed by atoms with Crippen molar-refractivity contribution in [2.75, 3.05) is 36.9 Å². The molecule has 11 heteroatoms. The van der Waals surface area contributed by atoms with Crippen molar-refractivity contribution in [2.24, 2.45) is 5.73 Å². The molecule has 5 N–H and O–H groups in total. The molecule has 2 aromatic rings. The molecule has 2 aromatic carbocycles. The summed E-state index contributed by atoms with van der Waals surface area (Å²) in [5.41, 5.74) is 6.04. The zero-order valence-corrected chi connectivity index (χ0v) is 18.1. The van der Waals surface area contributed by atoms with Crippen molar-refractivity contribution in [3.8, 4) is 0 Å². The third-order valence-corrected chi connectivity index (χ3v) is 5.81. The number of carbonyl (C=O) groups is 1. The van der Waals surface area contributed by atoms with Crippen LogP contribution in [0.5, 0.6) is 0 Å². The second-order valence-corrected chi connectivity index (χ2v) is 8.46. The molecule has 3 rings (SSSR count). The van der Waals surface area contributed by atoms with Crippen LogP contribution in [0, 0.1) is 0 Å². The zero-order chi connectivity index (χ0) is 21.7. The van der Waals surface area contributed by atoms with E-state index in [1.54, 1.807) is 0 Å². The SMILES string of the molecule is NC(=O)OCCNCCCNc1cc(C(F)(F)F)cc2c1Nc1ccc(Br)cc1S2. The summed E-state index contributed by atoms with van der Waals surface area (Å²) in [4.78, 5) is 11.8. The van der Waals surface area contributed by atoms with Crippen LogP contribution in [0.2, 0.25) is 0 Å². The maximum atomic E-state index is 13.4. The summed E-state index contributed by atoms with van der Waals surface area (Å²) in [5, 5.41) is 9.42. The fourth-order valence-corrected chi connectivity index (χ4v) is 4.46. The van der Waals surface area contributed by atoms with Crippen molar-refractivity contribution in [3.05, 3.63) is 40.4 Å². The first-order valence-electron chi connectivity index (χ1n) is 9.10. The van der Waals surface area contributed by atoms with Gasteiger partial charge in [-0.05, 0) is 43.3 Å². The summed E-state index contributed by atoms with van der Waals surface area (Å²) >= 11 is 4.69. The summed E-state index contributed by atoms with van der Waals surface area (Å²) in [5.74, 6) is 0. The van der Waals surface area contributed by atoms with Gasteiger partial charge < -0.3 is 26.4 Å². The van der Waals surface area contributed by atoms with E-state index in [4.69, 9.17) is 5.73 Å². The second-order valence-electron chi connectivity index (χ2n) is 6.46. The molecule has 0 spiro atoms. The molecule has 0 saturated carbocycles. The Hall–Kier alpha value is -2.11. The molecule has 0 radical (unpaired) electrons. The quantitative estimate of drug-likeness (QED) is 0.317. The van der Waals surface area contributed by atoms with Crippen LogP contribution in [0.1, 0.15) is 12.0 Å². The van der Waals surface area contributed by atoms with Crippen LogP contribution in [-0.2, 0) is 10.9 Å². The minimum absolute atomic E-state index is 0.167. The Labute approximate surface area is 184 Å². The van der Waals surface area contributed by atoms with Crippen molar-refractivity contribution >= 4 is 50.8 Å². The van der Waals surface area contributed by atoms with Gasteiger partial charge in [0.15, 0.2) is 0 Å². The van der Waals surface area contributed by atoms with Gasteiger partial charge in [0.25, 0.3) is 0 Å². The molecule has 162 valence electrons. The number of carbonyl (C=O) groups excluding carboxylic acids is 1. The van der Waals surface area contributed by atoms with Crippen LogP contribution < -0.4 is 21.7 Å². The van der Waals surface area contributed by atoms with Gasteiger partial charge in [-0.15, -0.1) is 0 Å². The van der Waals surface area contributed by atoms with Crippen molar-refractivity contribution in [2.45, 2.75) is 22.4 Å². The topological polar surface area (TPSA) is 88.4 Å². The highest BCUT2D eigenvalue weighted by Crippen LogP contribution is 2.49. The number of amides is 1. The van der Waals surface area contributed by atoms with Gasteiger partial charge in [-0.3, -0.25) is 0 Å². The van der Waals surface area contributed by atoms with Crippen molar-refractivity contribution in [1.82, 2.24) is 5.32 Å². The molecule has 30 heavy (non-hydrogen) atoms. The average molecular weight is 505 g/mol. The van der Waals surface area contributed by atoms with Gasteiger partial charge in [0.1, 0.15) is 6.61 Å². The fourth-order valence-electron chi connectivity index (χ4n) is 2.85. The number of benzene rings is 2. The number of halogens is 4. The Morgan fingerprint density at radius 1 is 1.17 bits per heavy atom. The fraction of sp³-hybridized carbons (Fsp3) is 0.316. The molecule has 1 heterocycles. The van der Waals surface area contributed by atoms with Gasteiger partial charge >= 0.3 is 12.3 Å². The molecule has 1 aliphatic rings. The van der Waals surface area contributed by atoms with E-state index >= 15 is 0 Å². The van der Waals surface area contributed by atoms with Crippen molar-refractivity contribution < 1.29 is 22.7 Å². The molecule has 0 bridgehead atoms. The van der Waals surface area contributed by atoms with E-state index in [1.165, 1.54) is 17.8 Å². The third-order valence-electron chi connectivity index (χ3n) is 4.22. The standard InChI is InChI=1S/C19H20BrF3N4O2S/c20-12-2-3-13-15(10-12)30-16-9-11(19(21,22)23)8-14(17(16)27-13)26-5-1-4-25-6-7-29-18(24)28/h2-3,8-10,25-27H,1,4-7H2,(H2,24,28). The highest BCUT2D eigenvalue weighted by molar-refractivity contribution is 9.10. The molecular weight excluding hydrogens is 485 g/mol. The third kappa shape index (κ3) is 5.96. The maximum absolute atomic E-state index is 13.4. The van der Waals surface area contributed by atoms with Crippen LogP contribution in [-0.4, -0.2) is 32.3 Å². The lowest BCUT2D eigenvalue weighted by Crippen LogP contribution is -2.25. The number of fused-ring (bicyclic) bond motifs is 2. The summed E-state index contributed by atoms with van der Waals surface area (Å²) in [6, 6.07) is 7.93. The first-order valence-corrected chi connectivity index (χ1v) is 10.7. The molecule has 0 unspecified atom stereocenters. The molecule has 1 aliphatic heterocycles. The molecule has 0 fully saturated rings. The molecule has 0 atom stereocenters. The largest absolute Gasteiger partial charge is 0.448 e. The predicted octanol–water partition coefficient (Wildman–Crippen LogP) is 5.16. The molecule has 1 amide bonds. The lowest BCUT2D eigenvalue weighted by molar-refractivity contribution is -0.137. The van der Waals surface area contributed by atoms with E-state index in [2.05, 4.69) is 36.6 Å². The molecule has 6 nitrogen and oxygen atoms in total. The second kappa shape index (κ2) is 9.80. The highest BCUT2D eigenvalue weighted by atomic mass is 79.9. The van der Waals surface area contributed by atoms with Crippen molar-refractivity contribution in [3.63, 3.8) is 0 Å². The van der Waals surface area contributed by atoms with Crippen LogP contribution in [0.3, 0.4) is 0 Å². The predicted molar refractivity (Wildman–Crippen MR) is 115 cm³/mol. The monoisotopic (exact) mass is 504 g/mol. The van der Waals surface area contributed by atoms with E-state index in [0.717, 1.165) is 21.1 Å². The number of rotatable bonds is 8. The number of hydrogen-bond donors (Lipinski definition) is 4. The lowest BCUT2D eigenvalue weighted by Gasteiger charge is -2.25. The van der Waals surface area contributed by atoms with Gasteiger partial charge in [0.05, 0.1) is 22.6 Å². The molecule has 0 aromatic heterocycles. The minimum Gasteiger partial charge on any atom is -0.448 e. The summed E-state index contributed by atoms with van der Waals surface area (Å²) < 4.78 is 45.6. The summed E-state index contributed by atoms with van der Waals surface area (Å²) in [6.07, 6.45) is -4.60. The van der Waals surface area contributed by atoms with E-state index in [1.807, 2.05) is 18.2 Å². The highest BCUT2D eigenvalue weighted by Gasteiger charge is 2.33. The smallest absolute Gasteiger partial charge is 0.416 e. The van der Waals surface area contributed by atoms with Crippen molar-refractivity contribution in [1.29, 1.82) is 0 Å². The number of hydrogen-bond acceptors (Lipinski definition) is 6. The Kier molecular flexibility index (Phi) is 7.37. The lowest BCUT2D eigenvalue weighted by atomic mass is 10.1. The number of primary amides is 1. The van der Waals surface area contributed by atoms with Crippen LogP contribution in [0.15, 0.2) is 44.6 Å². The van der Waals surface area contributed by atoms with Crippen LogP contribution >= 0.6 is 27.7 Å². The van der Waals surface area contributed by atoms with E-state index in [0.29, 0.717) is 42.3 Å². The zero-order valence-electron chi connectivity index (χ0n) is 15.7. The van der Waals surface area contributed by atoms with Crippen LogP contribution in [0.25, 0.3) is 0 Å². The van der Waals surface area contributed by atoms with Gasteiger partial charge in [0, 0.05) is 27.4 Å².